The maximum atomic E-state index is 6.06. The van der Waals surface area contributed by atoms with Crippen LogP contribution in [0.25, 0.3) is 0 Å². The zero-order valence-electron chi connectivity index (χ0n) is 11.8. The minimum atomic E-state index is 0.335. The molecule has 0 aromatic heterocycles. The van der Waals surface area contributed by atoms with Crippen molar-refractivity contribution < 1.29 is 0 Å². The Morgan fingerprint density at radius 1 is 1.37 bits per heavy atom. The Morgan fingerprint density at radius 2 is 2.05 bits per heavy atom. The van der Waals surface area contributed by atoms with Crippen LogP contribution in [0, 0.1) is 0 Å². The van der Waals surface area contributed by atoms with Crippen LogP contribution in [0.2, 0.25) is 5.02 Å². The molecule has 1 unspecified atom stereocenters. The van der Waals surface area contributed by atoms with Crippen LogP contribution in [0.3, 0.4) is 0 Å². The highest BCUT2D eigenvalue weighted by atomic mass is 35.5. The monoisotopic (exact) mass is 281 g/mol. The van der Waals surface area contributed by atoms with E-state index in [0.29, 0.717) is 12.1 Å². The molecule has 0 radical (unpaired) electrons. The summed E-state index contributed by atoms with van der Waals surface area (Å²) in [6, 6.07) is 8.91. The van der Waals surface area contributed by atoms with Crippen LogP contribution in [-0.2, 0) is 0 Å². The van der Waals surface area contributed by atoms with Crippen molar-refractivity contribution in [1.82, 2.24) is 9.80 Å². The largest absolute Gasteiger partial charge is 0.327 e. The maximum absolute atomic E-state index is 6.06. The Morgan fingerprint density at radius 3 is 2.63 bits per heavy atom. The van der Waals surface area contributed by atoms with Crippen molar-refractivity contribution >= 4 is 11.6 Å². The lowest BCUT2D eigenvalue weighted by Gasteiger charge is -2.35. The second kappa shape index (κ2) is 6.71. The molecular weight excluding hydrogens is 258 g/mol. The zero-order valence-corrected chi connectivity index (χ0v) is 12.6. The molecule has 19 heavy (non-hydrogen) atoms. The standard InChI is InChI=1S/C15H24ClN3/c1-18(2)15(12-5-7-13(16)8-6-12)11-19-9-3-4-14(17)10-19/h5-8,14-15H,3-4,9-11,17H2,1-2H3/t14-,15?/m0/s1. The lowest BCUT2D eigenvalue weighted by atomic mass is 10.0. The highest BCUT2D eigenvalue weighted by molar-refractivity contribution is 6.30. The van der Waals surface area contributed by atoms with E-state index in [9.17, 15) is 0 Å². The first-order valence-corrected chi connectivity index (χ1v) is 7.34. The predicted octanol–water partition coefficient (Wildman–Crippen LogP) is 2.37. The number of likely N-dealkylation sites (N-methyl/N-ethyl adjacent to an activating group) is 1. The Bertz CT molecular complexity index is 391. The molecule has 0 saturated carbocycles. The fraction of sp³-hybridized carbons (Fsp3) is 0.600. The molecule has 0 aliphatic carbocycles. The molecule has 1 aromatic carbocycles. The van der Waals surface area contributed by atoms with Gasteiger partial charge in [-0.05, 0) is 51.2 Å². The molecule has 1 fully saturated rings. The molecule has 1 aliphatic heterocycles. The van der Waals surface area contributed by atoms with Crippen LogP contribution in [0.4, 0.5) is 0 Å². The molecule has 0 amide bonds. The average molecular weight is 282 g/mol. The summed E-state index contributed by atoms with van der Waals surface area (Å²) in [6.45, 7) is 3.20. The first-order chi connectivity index (χ1) is 9.06. The van der Waals surface area contributed by atoms with Gasteiger partial charge in [-0.25, -0.2) is 0 Å². The van der Waals surface area contributed by atoms with Crippen molar-refractivity contribution in [3.05, 3.63) is 34.9 Å². The van der Waals surface area contributed by atoms with E-state index in [1.54, 1.807) is 0 Å². The van der Waals surface area contributed by atoms with Crippen molar-refractivity contribution in [3.8, 4) is 0 Å². The second-order valence-electron chi connectivity index (χ2n) is 5.69. The number of nitrogens with two attached hydrogens (primary N) is 1. The third-order valence-electron chi connectivity index (χ3n) is 3.85. The van der Waals surface area contributed by atoms with E-state index in [-0.39, 0.29) is 0 Å². The summed E-state index contributed by atoms with van der Waals surface area (Å²) in [5.74, 6) is 0. The smallest absolute Gasteiger partial charge is 0.0469 e. The number of piperidine rings is 1. The molecule has 1 aromatic rings. The van der Waals surface area contributed by atoms with Crippen molar-refractivity contribution in [2.45, 2.75) is 24.9 Å². The number of hydrogen-bond acceptors (Lipinski definition) is 3. The molecule has 1 aliphatic rings. The molecule has 1 saturated heterocycles. The van der Waals surface area contributed by atoms with E-state index in [2.05, 4.69) is 36.0 Å². The van der Waals surface area contributed by atoms with Crippen LogP contribution in [0.5, 0.6) is 0 Å². The van der Waals surface area contributed by atoms with Gasteiger partial charge >= 0.3 is 0 Å². The molecule has 4 heteroatoms. The molecule has 106 valence electrons. The average Bonchev–Trinajstić information content (AvgIpc) is 2.37. The third kappa shape index (κ3) is 4.18. The van der Waals surface area contributed by atoms with Gasteiger partial charge in [0, 0.05) is 30.2 Å². The van der Waals surface area contributed by atoms with Gasteiger partial charge in [-0.15, -0.1) is 0 Å². The molecule has 0 bridgehead atoms. The van der Waals surface area contributed by atoms with Crippen molar-refractivity contribution in [2.24, 2.45) is 5.73 Å². The van der Waals surface area contributed by atoms with E-state index in [1.165, 1.54) is 12.0 Å². The van der Waals surface area contributed by atoms with Gasteiger partial charge < -0.3 is 10.6 Å². The summed E-state index contributed by atoms with van der Waals surface area (Å²) in [5.41, 5.74) is 7.38. The fourth-order valence-electron chi connectivity index (χ4n) is 2.75. The maximum Gasteiger partial charge on any atom is 0.0469 e. The highest BCUT2D eigenvalue weighted by Gasteiger charge is 2.22. The molecule has 2 N–H and O–H groups in total. The van der Waals surface area contributed by atoms with Gasteiger partial charge in [-0.2, -0.15) is 0 Å². The van der Waals surface area contributed by atoms with Gasteiger partial charge in [-0.3, -0.25) is 4.90 Å². The summed E-state index contributed by atoms with van der Waals surface area (Å²) in [7, 11) is 4.26. The van der Waals surface area contributed by atoms with Crippen LogP contribution in [-0.4, -0.2) is 49.6 Å². The first-order valence-electron chi connectivity index (χ1n) is 6.96. The minimum Gasteiger partial charge on any atom is -0.327 e. The quantitative estimate of drug-likeness (QED) is 0.920. The Balaban J connectivity index is 2.05. The van der Waals surface area contributed by atoms with Crippen LogP contribution < -0.4 is 5.73 Å². The summed E-state index contributed by atoms with van der Waals surface area (Å²) >= 11 is 5.97. The van der Waals surface area contributed by atoms with Gasteiger partial charge in [0.15, 0.2) is 0 Å². The fourth-order valence-corrected chi connectivity index (χ4v) is 2.88. The van der Waals surface area contributed by atoms with E-state index >= 15 is 0 Å². The third-order valence-corrected chi connectivity index (χ3v) is 4.10. The molecule has 2 atom stereocenters. The number of likely N-dealkylation sites (tertiary alicyclic amines) is 1. The van der Waals surface area contributed by atoms with Gasteiger partial charge in [0.1, 0.15) is 0 Å². The number of halogens is 1. The first kappa shape index (κ1) is 14.8. The summed E-state index contributed by atoms with van der Waals surface area (Å²) in [6.07, 6.45) is 2.37. The van der Waals surface area contributed by atoms with E-state index in [0.717, 1.165) is 31.1 Å². The van der Waals surface area contributed by atoms with E-state index in [1.807, 2.05) is 12.1 Å². The van der Waals surface area contributed by atoms with E-state index in [4.69, 9.17) is 17.3 Å². The highest BCUT2D eigenvalue weighted by Crippen LogP contribution is 2.23. The zero-order chi connectivity index (χ0) is 13.8. The molecular formula is C15H24ClN3. The van der Waals surface area contributed by atoms with Crippen LogP contribution >= 0.6 is 11.6 Å². The molecule has 1 heterocycles. The SMILES string of the molecule is CN(C)C(CN1CCC[C@H](N)C1)c1ccc(Cl)cc1. The molecule has 3 nitrogen and oxygen atoms in total. The topological polar surface area (TPSA) is 32.5 Å². The lowest BCUT2D eigenvalue weighted by molar-refractivity contribution is 0.151. The Hall–Kier alpha value is -0.610. The molecule has 0 spiro atoms. The summed E-state index contributed by atoms with van der Waals surface area (Å²) in [4.78, 5) is 4.75. The number of rotatable bonds is 4. The summed E-state index contributed by atoms with van der Waals surface area (Å²) < 4.78 is 0. The number of hydrogen-bond donors (Lipinski definition) is 1. The number of benzene rings is 1. The Labute approximate surface area is 121 Å². The normalized spacial score (nSPS) is 22.7. The van der Waals surface area contributed by atoms with Crippen molar-refractivity contribution in [3.63, 3.8) is 0 Å². The predicted molar refractivity (Wildman–Crippen MR) is 81.5 cm³/mol. The Kier molecular flexibility index (Phi) is 5.22. The minimum absolute atomic E-state index is 0.335. The second-order valence-corrected chi connectivity index (χ2v) is 6.13. The van der Waals surface area contributed by atoms with Gasteiger partial charge in [0.2, 0.25) is 0 Å². The number of nitrogens with zero attached hydrogens (tertiary/aromatic N) is 2. The van der Waals surface area contributed by atoms with Gasteiger partial charge in [0.25, 0.3) is 0 Å². The van der Waals surface area contributed by atoms with Crippen LogP contribution in [0.1, 0.15) is 24.4 Å². The van der Waals surface area contributed by atoms with E-state index < -0.39 is 0 Å². The lowest BCUT2D eigenvalue weighted by Crippen LogP contribution is -2.45. The van der Waals surface area contributed by atoms with Gasteiger partial charge in [0.05, 0.1) is 0 Å². The molecule has 2 rings (SSSR count). The van der Waals surface area contributed by atoms with Crippen LogP contribution in [0.15, 0.2) is 24.3 Å². The van der Waals surface area contributed by atoms with Crippen molar-refractivity contribution in [1.29, 1.82) is 0 Å². The van der Waals surface area contributed by atoms with Crippen molar-refractivity contribution in [2.75, 3.05) is 33.7 Å². The summed E-state index contributed by atoms with van der Waals surface area (Å²) in [5, 5.41) is 0.793. The van der Waals surface area contributed by atoms with Gasteiger partial charge in [-0.1, -0.05) is 23.7 Å².